The monoisotopic (exact) mass is 330 g/mol. The molecule has 1 atom stereocenters. The second-order valence-corrected chi connectivity index (χ2v) is 7.62. The first-order valence-corrected chi connectivity index (χ1v) is 9.31. The molecule has 1 unspecified atom stereocenters. The standard InChI is InChI=1S/C14H22N2O5S/c1-22(18,19)10-4-14(17)15-11-12(13-3-2-7-21-13)16-5-8-20-9-6-16/h2-3,7,12H,4-6,8-11H2,1H3,(H,15,17). The molecule has 1 aromatic heterocycles. The number of ether oxygens (including phenoxy) is 1. The lowest BCUT2D eigenvalue weighted by Crippen LogP contribution is -2.43. The van der Waals surface area contributed by atoms with Gasteiger partial charge in [-0.1, -0.05) is 0 Å². The lowest BCUT2D eigenvalue weighted by molar-refractivity contribution is -0.121. The van der Waals surface area contributed by atoms with Crippen LogP contribution in [0.1, 0.15) is 18.2 Å². The van der Waals surface area contributed by atoms with E-state index in [1.807, 2.05) is 12.1 Å². The Labute approximate surface area is 130 Å². The van der Waals surface area contributed by atoms with Gasteiger partial charge >= 0.3 is 0 Å². The van der Waals surface area contributed by atoms with Gasteiger partial charge in [0.2, 0.25) is 5.91 Å². The number of sulfone groups is 1. The minimum absolute atomic E-state index is 0.0210. The average molecular weight is 330 g/mol. The Bertz CT molecular complexity index is 564. The largest absolute Gasteiger partial charge is 0.468 e. The van der Waals surface area contributed by atoms with Gasteiger partial charge in [0.1, 0.15) is 15.6 Å². The van der Waals surface area contributed by atoms with Gasteiger partial charge in [0, 0.05) is 32.3 Å². The lowest BCUT2D eigenvalue weighted by Gasteiger charge is -2.33. The molecule has 0 spiro atoms. The quantitative estimate of drug-likeness (QED) is 0.768. The topological polar surface area (TPSA) is 88.8 Å². The summed E-state index contributed by atoms with van der Waals surface area (Å²) < 4.78 is 33.0. The zero-order valence-electron chi connectivity index (χ0n) is 12.7. The summed E-state index contributed by atoms with van der Waals surface area (Å²) in [6.45, 7) is 3.23. The van der Waals surface area contributed by atoms with Crippen molar-refractivity contribution >= 4 is 15.7 Å². The van der Waals surface area contributed by atoms with E-state index < -0.39 is 9.84 Å². The third-order valence-corrected chi connectivity index (χ3v) is 4.50. The van der Waals surface area contributed by atoms with Crippen molar-refractivity contribution in [2.45, 2.75) is 12.5 Å². The molecule has 1 saturated heterocycles. The highest BCUT2D eigenvalue weighted by molar-refractivity contribution is 7.90. The Kier molecular flexibility index (Phi) is 5.98. The van der Waals surface area contributed by atoms with E-state index in [0.717, 1.165) is 25.1 Å². The first-order valence-electron chi connectivity index (χ1n) is 7.25. The molecule has 2 heterocycles. The smallest absolute Gasteiger partial charge is 0.221 e. The van der Waals surface area contributed by atoms with Crippen molar-refractivity contribution in [3.8, 4) is 0 Å². The third kappa shape index (κ3) is 5.43. The van der Waals surface area contributed by atoms with E-state index in [4.69, 9.17) is 9.15 Å². The Balaban J connectivity index is 1.91. The van der Waals surface area contributed by atoms with E-state index in [0.29, 0.717) is 19.8 Å². The van der Waals surface area contributed by atoms with Crippen LogP contribution in [-0.4, -0.2) is 64.1 Å². The molecule has 0 radical (unpaired) electrons. The predicted octanol–water partition coefficient (Wildman–Crippen LogP) is 0.204. The number of nitrogens with zero attached hydrogens (tertiary/aromatic N) is 1. The minimum atomic E-state index is -3.13. The van der Waals surface area contributed by atoms with Crippen molar-refractivity contribution in [2.75, 3.05) is 44.9 Å². The average Bonchev–Trinajstić information content (AvgIpc) is 3.00. The van der Waals surface area contributed by atoms with E-state index in [1.54, 1.807) is 6.26 Å². The van der Waals surface area contributed by atoms with E-state index in [2.05, 4.69) is 10.2 Å². The molecule has 124 valence electrons. The normalized spacial score (nSPS) is 18.0. The van der Waals surface area contributed by atoms with Crippen LogP contribution >= 0.6 is 0 Å². The molecule has 1 aliphatic rings. The number of amides is 1. The number of hydrogen-bond acceptors (Lipinski definition) is 6. The van der Waals surface area contributed by atoms with Gasteiger partial charge in [0.25, 0.3) is 0 Å². The van der Waals surface area contributed by atoms with Crippen molar-refractivity contribution in [1.82, 2.24) is 10.2 Å². The number of carbonyl (C=O) groups excluding carboxylic acids is 1. The van der Waals surface area contributed by atoms with Gasteiger partial charge in [-0.05, 0) is 12.1 Å². The van der Waals surface area contributed by atoms with Crippen LogP contribution in [0.4, 0.5) is 0 Å². The summed E-state index contributed by atoms with van der Waals surface area (Å²) in [5, 5.41) is 2.80. The Morgan fingerprint density at radius 1 is 1.41 bits per heavy atom. The van der Waals surface area contributed by atoms with Crippen LogP contribution < -0.4 is 5.32 Å². The molecule has 7 nitrogen and oxygen atoms in total. The second kappa shape index (κ2) is 7.75. The van der Waals surface area contributed by atoms with E-state index in [1.165, 1.54) is 0 Å². The molecule has 1 aromatic rings. The molecule has 1 aliphatic heterocycles. The Morgan fingerprint density at radius 2 is 2.14 bits per heavy atom. The molecular weight excluding hydrogens is 308 g/mol. The van der Waals surface area contributed by atoms with Crippen LogP contribution in [-0.2, 0) is 19.4 Å². The highest BCUT2D eigenvalue weighted by Gasteiger charge is 2.25. The molecule has 1 amide bonds. The van der Waals surface area contributed by atoms with Gasteiger partial charge in [0.15, 0.2) is 0 Å². The van der Waals surface area contributed by atoms with Crippen LogP contribution in [0.3, 0.4) is 0 Å². The zero-order valence-corrected chi connectivity index (χ0v) is 13.5. The number of furan rings is 1. The van der Waals surface area contributed by atoms with Gasteiger partial charge in [-0.3, -0.25) is 9.69 Å². The van der Waals surface area contributed by atoms with Gasteiger partial charge < -0.3 is 14.5 Å². The minimum Gasteiger partial charge on any atom is -0.468 e. The number of carbonyl (C=O) groups is 1. The van der Waals surface area contributed by atoms with Gasteiger partial charge in [-0.2, -0.15) is 0 Å². The van der Waals surface area contributed by atoms with Crippen LogP contribution in [0.15, 0.2) is 22.8 Å². The zero-order chi connectivity index (χ0) is 16.0. The summed E-state index contributed by atoms with van der Waals surface area (Å²) in [6.07, 6.45) is 2.71. The predicted molar refractivity (Wildman–Crippen MR) is 81.2 cm³/mol. The lowest BCUT2D eigenvalue weighted by atomic mass is 10.1. The summed E-state index contributed by atoms with van der Waals surface area (Å²) in [6, 6.07) is 3.62. The molecule has 0 aliphatic carbocycles. The summed E-state index contributed by atoms with van der Waals surface area (Å²) in [7, 11) is -3.13. The fourth-order valence-corrected chi connectivity index (χ4v) is 2.91. The van der Waals surface area contributed by atoms with Crippen molar-refractivity contribution < 1.29 is 22.4 Å². The molecule has 8 heteroatoms. The maximum atomic E-state index is 11.8. The summed E-state index contributed by atoms with van der Waals surface area (Å²) >= 11 is 0. The number of morpholine rings is 1. The number of nitrogens with one attached hydrogen (secondary N) is 1. The molecule has 0 saturated carbocycles. The summed E-state index contributed by atoms with van der Waals surface area (Å²) in [5.41, 5.74) is 0. The molecule has 1 N–H and O–H groups in total. The first kappa shape index (κ1) is 17.0. The van der Waals surface area contributed by atoms with Crippen LogP contribution in [0.5, 0.6) is 0 Å². The van der Waals surface area contributed by atoms with Crippen molar-refractivity contribution in [3.05, 3.63) is 24.2 Å². The fraction of sp³-hybridized carbons (Fsp3) is 0.643. The fourth-order valence-electron chi connectivity index (χ4n) is 2.36. The maximum Gasteiger partial charge on any atom is 0.221 e. The molecule has 2 rings (SSSR count). The Hall–Kier alpha value is -1.38. The van der Waals surface area contributed by atoms with Crippen molar-refractivity contribution in [1.29, 1.82) is 0 Å². The van der Waals surface area contributed by atoms with Crippen LogP contribution in [0, 0.1) is 0 Å². The van der Waals surface area contributed by atoms with Crippen LogP contribution in [0.2, 0.25) is 0 Å². The van der Waals surface area contributed by atoms with Crippen LogP contribution in [0.25, 0.3) is 0 Å². The molecule has 22 heavy (non-hydrogen) atoms. The summed E-state index contributed by atoms with van der Waals surface area (Å²) in [4.78, 5) is 14.0. The van der Waals surface area contributed by atoms with Gasteiger partial charge in [-0.25, -0.2) is 8.42 Å². The molecule has 0 aromatic carbocycles. The van der Waals surface area contributed by atoms with E-state index in [-0.39, 0.29) is 24.1 Å². The highest BCUT2D eigenvalue weighted by Crippen LogP contribution is 2.21. The SMILES string of the molecule is CS(=O)(=O)CCC(=O)NCC(c1ccco1)N1CCOCC1. The molecular formula is C14H22N2O5S. The van der Waals surface area contributed by atoms with Gasteiger partial charge in [-0.15, -0.1) is 0 Å². The number of rotatable bonds is 7. The summed E-state index contributed by atoms with van der Waals surface area (Å²) in [5.74, 6) is 0.377. The van der Waals surface area contributed by atoms with E-state index in [9.17, 15) is 13.2 Å². The Morgan fingerprint density at radius 3 is 2.73 bits per heavy atom. The maximum absolute atomic E-state index is 11.8. The highest BCUT2D eigenvalue weighted by atomic mass is 32.2. The third-order valence-electron chi connectivity index (χ3n) is 3.55. The molecule has 1 fully saturated rings. The van der Waals surface area contributed by atoms with Crippen molar-refractivity contribution in [2.24, 2.45) is 0 Å². The number of hydrogen-bond donors (Lipinski definition) is 1. The van der Waals surface area contributed by atoms with Gasteiger partial charge in [0.05, 0.1) is 31.3 Å². The van der Waals surface area contributed by atoms with Crippen molar-refractivity contribution in [3.63, 3.8) is 0 Å². The molecule has 0 bridgehead atoms. The second-order valence-electron chi connectivity index (χ2n) is 5.36. The van der Waals surface area contributed by atoms with E-state index >= 15 is 0 Å². The first-order chi connectivity index (χ1) is 10.5.